The predicted octanol–water partition coefficient (Wildman–Crippen LogP) is 8.53. The van der Waals surface area contributed by atoms with Crippen LogP contribution in [0.1, 0.15) is 139 Å². The van der Waals surface area contributed by atoms with Crippen molar-refractivity contribution in [3.05, 3.63) is 11.3 Å². The molecule has 0 aliphatic carbocycles. The van der Waals surface area contributed by atoms with Crippen LogP contribution < -0.4 is 0 Å². The van der Waals surface area contributed by atoms with Gasteiger partial charge in [0.1, 0.15) is 0 Å². The lowest BCUT2D eigenvalue weighted by atomic mass is 10.3. The van der Waals surface area contributed by atoms with Gasteiger partial charge in [0.15, 0.2) is 0 Å². The molecule has 3 nitrogen and oxygen atoms in total. The van der Waals surface area contributed by atoms with E-state index in [2.05, 4.69) is 75.2 Å². The maximum Gasteiger partial charge on any atom is 0.289 e. The topological polar surface area (TPSA) is 9.72 Å². The fraction of sp³-hybridized carbons (Fsp3) is 0.935. The SMILES string of the molecule is CC=C(C)[SiH2]CCC[Si](N(CCCC)CCCC)(N(CCCC)CCCC)N(CCCC)CCCC. The van der Waals surface area contributed by atoms with Gasteiger partial charge in [-0.25, -0.2) is 0 Å². The van der Waals surface area contributed by atoms with Crippen LogP contribution in [0.2, 0.25) is 12.1 Å². The Bertz CT molecular complexity index is 438. The maximum absolute atomic E-state index is 3.15. The van der Waals surface area contributed by atoms with E-state index in [4.69, 9.17) is 0 Å². The third kappa shape index (κ3) is 13.7. The van der Waals surface area contributed by atoms with Crippen LogP contribution in [0.15, 0.2) is 11.3 Å². The summed E-state index contributed by atoms with van der Waals surface area (Å²) in [6, 6.07) is 2.95. The smallest absolute Gasteiger partial charge is 0.289 e. The lowest BCUT2D eigenvalue weighted by molar-refractivity contribution is 0.221. The zero-order valence-electron chi connectivity index (χ0n) is 26.5. The van der Waals surface area contributed by atoms with E-state index in [1.807, 2.05) is 0 Å². The third-order valence-electron chi connectivity index (χ3n) is 8.03. The molecular weight excluding hydrogens is 471 g/mol. The molecule has 0 spiro atoms. The van der Waals surface area contributed by atoms with Crippen molar-refractivity contribution in [3.8, 4) is 0 Å². The van der Waals surface area contributed by atoms with Crippen molar-refractivity contribution in [1.29, 1.82) is 0 Å². The Morgan fingerprint density at radius 3 is 1.11 bits per heavy atom. The maximum atomic E-state index is 3.15. The van der Waals surface area contributed by atoms with E-state index in [1.54, 1.807) is 5.20 Å². The zero-order valence-corrected chi connectivity index (χ0v) is 28.9. The molecule has 0 fully saturated rings. The monoisotopic (exact) mass is 540 g/mol. The second kappa shape index (κ2) is 24.1. The molecule has 0 N–H and O–H groups in total. The van der Waals surface area contributed by atoms with Gasteiger partial charge in [0.05, 0.1) is 0 Å². The molecule has 0 heterocycles. The van der Waals surface area contributed by atoms with Crippen LogP contribution in [0, 0.1) is 0 Å². The number of nitrogens with zero attached hydrogens (tertiary/aromatic N) is 3. The van der Waals surface area contributed by atoms with Gasteiger partial charge in [-0.05, 0) is 97.7 Å². The molecule has 0 aliphatic heterocycles. The molecule has 216 valence electrons. The van der Waals surface area contributed by atoms with Crippen LogP contribution >= 0.6 is 0 Å². The number of hydrogen-bond donors (Lipinski definition) is 0. The third-order valence-corrected chi connectivity index (χ3v) is 15.5. The minimum atomic E-state index is -1.99. The van der Waals surface area contributed by atoms with E-state index < -0.39 is 8.56 Å². The second-order valence-electron chi connectivity index (χ2n) is 11.2. The molecular formula is C31H69N3Si2. The summed E-state index contributed by atoms with van der Waals surface area (Å²) in [6.45, 7) is 26.9. The van der Waals surface area contributed by atoms with Gasteiger partial charge in [-0.1, -0.05) is 104 Å². The number of allylic oxidation sites excluding steroid dienone is 2. The summed E-state index contributed by atoms with van der Waals surface area (Å²) >= 11 is 0. The average Bonchev–Trinajstić information content (AvgIpc) is 2.90. The first-order chi connectivity index (χ1) is 17.5. The van der Waals surface area contributed by atoms with Crippen molar-refractivity contribution in [2.75, 3.05) is 39.3 Å². The minimum Gasteiger partial charge on any atom is -0.299 e. The molecule has 0 saturated heterocycles. The van der Waals surface area contributed by atoms with Gasteiger partial charge >= 0.3 is 0 Å². The lowest BCUT2D eigenvalue weighted by Gasteiger charge is -2.55. The summed E-state index contributed by atoms with van der Waals surface area (Å²) in [5.41, 5.74) is 0. The molecule has 5 heteroatoms. The fourth-order valence-electron chi connectivity index (χ4n) is 5.49. The van der Waals surface area contributed by atoms with Crippen LogP contribution in [-0.2, 0) is 0 Å². The van der Waals surface area contributed by atoms with E-state index in [9.17, 15) is 0 Å². The van der Waals surface area contributed by atoms with Gasteiger partial charge in [-0.2, -0.15) is 0 Å². The average molecular weight is 540 g/mol. The molecule has 0 amide bonds. The summed E-state index contributed by atoms with van der Waals surface area (Å²) < 4.78 is 9.46. The molecule has 0 bridgehead atoms. The molecule has 0 atom stereocenters. The molecule has 0 aliphatic rings. The molecule has 0 aromatic rings. The van der Waals surface area contributed by atoms with Crippen LogP contribution in [-0.4, -0.2) is 71.0 Å². The second-order valence-corrected chi connectivity index (χ2v) is 17.5. The highest BCUT2D eigenvalue weighted by atomic mass is 28.4. The van der Waals surface area contributed by atoms with Crippen molar-refractivity contribution in [3.63, 3.8) is 0 Å². The largest absolute Gasteiger partial charge is 0.299 e. The van der Waals surface area contributed by atoms with Crippen molar-refractivity contribution in [1.82, 2.24) is 13.7 Å². The summed E-state index contributed by atoms with van der Waals surface area (Å²) in [5.74, 6) is 0. The van der Waals surface area contributed by atoms with Crippen molar-refractivity contribution >= 4 is 18.1 Å². The summed E-state index contributed by atoms with van der Waals surface area (Å²) in [7, 11) is -2.06. The Labute approximate surface area is 232 Å². The van der Waals surface area contributed by atoms with Crippen molar-refractivity contribution in [2.24, 2.45) is 0 Å². The van der Waals surface area contributed by atoms with E-state index in [1.165, 1.54) is 135 Å². The number of hydrogen-bond acceptors (Lipinski definition) is 3. The van der Waals surface area contributed by atoms with E-state index in [-0.39, 0.29) is 9.52 Å². The van der Waals surface area contributed by atoms with Crippen LogP contribution in [0.3, 0.4) is 0 Å². The Hall–Kier alpha value is 0.0538. The number of unbranched alkanes of at least 4 members (excludes halogenated alkanes) is 6. The van der Waals surface area contributed by atoms with E-state index in [0.717, 1.165) is 0 Å². The van der Waals surface area contributed by atoms with Crippen LogP contribution in [0.5, 0.6) is 0 Å². The Morgan fingerprint density at radius 1 is 0.556 bits per heavy atom. The Morgan fingerprint density at radius 2 is 0.861 bits per heavy atom. The summed E-state index contributed by atoms with van der Waals surface area (Å²) in [5, 5.41) is 1.71. The normalized spacial score (nSPS) is 13.4. The first kappa shape index (κ1) is 36.1. The van der Waals surface area contributed by atoms with Gasteiger partial charge in [0.2, 0.25) is 0 Å². The first-order valence-electron chi connectivity index (χ1n) is 16.4. The standard InChI is InChI=1S/C31H69N3Si2/c1-9-16-23-32(24-17-10-2)36(30-22-29-35-31(8)15-7,33(25-18-11-3)26-19-12-4)34(27-20-13-5)28-21-14-6/h15H,9-14,16-30,35H2,1-8H3. The van der Waals surface area contributed by atoms with Crippen molar-refractivity contribution in [2.45, 2.75) is 151 Å². The number of rotatable bonds is 26. The lowest BCUT2D eigenvalue weighted by Crippen LogP contribution is -2.76. The van der Waals surface area contributed by atoms with Gasteiger partial charge < -0.3 is 0 Å². The fourth-order valence-corrected chi connectivity index (χ4v) is 13.3. The summed E-state index contributed by atoms with van der Waals surface area (Å²) in [6.07, 6.45) is 19.9. The Balaban J connectivity index is 6.66. The van der Waals surface area contributed by atoms with Gasteiger partial charge in [0, 0.05) is 9.52 Å². The highest BCUT2D eigenvalue weighted by Gasteiger charge is 2.49. The predicted molar refractivity (Wildman–Crippen MR) is 172 cm³/mol. The highest BCUT2D eigenvalue weighted by Crippen LogP contribution is 2.31. The summed E-state index contributed by atoms with van der Waals surface area (Å²) in [4.78, 5) is 0. The van der Waals surface area contributed by atoms with E-state index in [0.29, 0.717) is 0 Å². The first-order valence-corrected chi connectivity index (χ1v) is 20.1. The quantitative estimate of drug-likeness (QED) is 0.0805. The van der Waals surface area contributed by atoms with Gasteiger partial charge in [-0.3, -0.25) is 13.7 Å². The molecule has 36 heavy (non-hydrogen) atoms. The van der Waals surface area contributed by atoms with Crippen molar-refractivity contribution < 1.29 is 0 Å². The molecule has 0 saturated carbocycles. The van der Waals surface area contributed by atoms with Crippen LogP contribution in [0.4, 0.5) is 0 Å². The molecule has 0 rings (SSSR count). The van der Waals surface area contributed by atoms with Gasteiger partial charge in [-0.15, -0.1) is 0 Å². The van der Waals surface area contributed by atoms with Gasteiger partial charge in [0.25, 0.3) is 8.56 Å². The minimum absolute atomic E-state index is 0.0745. The highest BCUT2D eigenvalue weighted by molar-refractivity contribution is 6.72. The zero-order chi connectivity index (χ0) is 27.1. The Kier molecular flexibility index (Phi) is 24.2. The molecule has 0 aromatic heterocycles. The molecule has 0 aromatic carbocycles. The van der Waals surface area contributed by atoms with Crippen LogP contribution in [0.25, 0.3) is 0 Å². The van der Waals surface area contributed by atoms with E-state index >= 15 is 0 Å². The molecule has 0 radical (unpaired) electrons. The molecule has 0 unspecified atom stereocenters.